The summed E-state index contributed by atoms with van der Waals surface area (Å²) in [7, 11) is 1.61. The monoisotopic (exact) mass is 533 g/mol. The lowest BCUT2D eigenvalue weighted by atomic mass is 9.95. The molecule has 1 aliphatic rings. The first kappa shape index (κ1) is 24.7. The van der Waals surface area contributed by atoms with Crippen LogP contribution in [-0.2, 0) is 15.3 Å². The van der Waals surface area contributed by atoms with Crippen LogP contribution in [0.1, 0.15) is 22.7 Å². The summed E-state index contributed by atoms with van der Waals surface area (Å²) in [5.41, 5.74) is 1.81. The molecule has 1 atom stereocenters. The molecule has 0 radical (unpaired) electrons. The first-order valence-corrected chi connectivity index (χ1v) is 13.0. The fourth-order valence-corrected chi connectivity index (χ4v) is 5.79. The number of thioether (sulfide) groups is 1. The molecular formula is C27H20FN3O4S2. The van der Waals surface area contributed by atoms with E-state index in [1.54, 1.807) is 37.4 Å². The number of anilines is 1. The first-order valence-electron chi connectivity index (χ1n) is 11.2. The van der Waals surface area contributed by atoms with Crippen LogP contribution in [0.15, 0.2) is 88.8 Å². The number of Topliss-reactive ketones (excluding diaryl/α,β-unsaturated/α-hetero) is 1. The number of nitrogens with zero attached hydrogens (tertiary/aromatic N) is 3. The summed E-state index contributed by atoms with van der Waals surface area (Å²) >= 11 is 2.61. The molecule has 186 valence electrons. The van der Waals surface area contributed by atoms with Crippen LogP contribution in [0, 0.1) is 5.82 Å². The van der Waals surface area contributed by atoms with Crippen LogP contribution in [0.3, 0.4) is 0 Å². The number of halogens is 1. The summed E-state index contributed by atoms with van der Waals surface area (Å²) in [6.45, 7) is 0. The van der Waals surface area contributed by atoms with Crippen molar-refractivity contribution >= 4 is 45.7 Å². The van der Waals surface area contributed by atoms with Gasteiger partial charge in [0.15, 0.2) is 4.34 Å². The fourth-order valence-electron chi connectivity index (χ4n) is 3.97. The molecule has 10 heteroatoms. The zero-order valence-electron chi connectivity index (χ0n) is 19.5. The average molecular weight is 534 g/mol. The normalized spacial score (nSPS) is 16.8. The van der Waals surface area contributed by atoms with E-state index in [-0.39, 0.29) is 16.5 Å². The highest BCUT2D eigenvalue weighted by Crippen LogP contribution is 2.44. The van der Waals surface area contributed by atoms with E-state index in [1.807, 2.05) is 24.3 Å². The molecule has 1 unspecified atom stereocenters. The largest absolute Gasteiger partial charge is 0.507 e. The smallest absolute Gasteiger partial charge is 0.301 e. The predicted octanol–water partition coefficient (Wildman–Crippen LogP) is 5.60. The van der Waals surface area contributed by atoms with Crippen molar-refractivity contribution in [2.45, 2.75) is 16.1 Å². The molecule has 2 heterocycles. The second kappa shape index (κ2) is 10.5. The van der Waals surface area contributed by atoms with E-state index in [2.05, 4.69) is 10.2 Å². The van der Waals surface area contributed by atoms with Gasteiger partial charge in [0.2, 0.25) is 5.13 Å². The van der Waals surface area contributed by atoms with Crippen molar-refractivity contribution in [1.82, 2.24) is 10.2 Å². The van der Waals surface area contributed by atoms with Gasteiger partial charge in [0.25, 0.3) is 5.78 Å². The lowest BCUT2D eigenvalue weighted by Gasteiger charge is -2.22. The van der Waals surface area contributed by atoms with Crippen molar-refractivity contribution < 1.29 is 23.8 Å². The molecule has 0 spiro atoms. The molecule has 0 saturated carbocycles. The number of rotatable bonds is 7. The van der Waals surface area contributed by atoms with Crippen LogP contribution in [0.25, 0.3) is 5.76 Å². The van der Waals surface area contributed by atoms with Gasteiger partial charge in [-0.1, -0.05) is 77.7 Å². The van der Waals surface area contributed by atoms with E-state index in [0.717, 1.165) is 22.6 Å². The number of aliphatic hydroxyl groups is 1. The molecule has 1 aliphatic heterocycles. The standard InChI is InChI=1S/C27H20FN3O4S2/c1-35-20-13-7-16(8-14-20)15-36-27-30-29-26(37-27)31-22(17-9-11-19(28)12-10-17)21(24(33)25(31)34)23(32)18-5-3-2-4-6-18/h2-14,22,32H,15H2,1H3/b23-21+. The van der Waals surface area contributed by atoms with Crippen LogP contribution in [0.2, 0.25) is 0 Å². The fraction of sp³-hybridized carbons (Fsp3) is 0.111. The van der Waals surface area contributed by atoms with Gasteiger partial charge >= 0.3 is 5.91 Å². The third-order valence-electron chi connectivity index (χ3n) is 5.80. The summed E-state index contributed by atoms with van der Waals surface area (Å²) in [6.07, 6.45) is 0. The summed E-state index contributed by atoms with van der Waals surface area (Å²) in [4.78, 5) is 27.6. The second-order valence-corrected chi connectivity index (χ2v) is 10.3. The first-order chi connectivity index (χ1) is 18.0. The second-order valence-electron chi connectivity index (χ2n) is 8.07. The number of methoxy groups -OCH3 is 1. The Morgan fingerprint density at radius 3 is 2.41 bits per heavy atom. The third-order valence-corrected chi connectivity index (χ3v) is 7.93. The number of ketones is 1. The number of amides is 1. The lowest BCUT2D eigenvalue weighted by Crippen LogP contribution is -2.29. The van der Waals surface area contributed by atoms with Crippen LogP contribution in [0.5, 0.6) is 5.75 Å². The summed E-state index contributed by atoms with van der Waals surface area (Å²) in [6, 6.07) is 20.6. The van der Waals surface area contributed by atoms with Crippen LogP contribution >= 0.6 is 23.1 Å². The Morgan fingerprint density at radius 2 is 1.73 bits per heavy atom. The van der Waals surface area contributed by atoms with Gasteiger partial charge in [-0.25, -0.2) is 4.39 Å². The molecular weight excluding hydrogens is 513 g/mol. The molecule has 1 N–H and O–H groups in total. The topological polar surface area (TPSA) is 92.6 Å². The molecule has 3 aromatic carbocycles. The Kier molecular flexibility index (Phi) is 7.02. The number of carbonyl (C=O) groups excluding carboxylic acids is 2. The number of hydrogen-bond donors (Lipinski definition) is 1. The maximum atomic E-state index is 13.7. The van der Waals surface area contributed by atoms with Gasteiger partial charge in [0, 0.05) is 11.3 Å². The van der Waals surface area contributed by atoms with Gasteiger partial charge in [0.05, 0.1) is 18.7 Å². The van der Waals surface area contributed by atoms with E-state index >= 15 is 0 Å². The van der Waals surface area contributed by atoms with Gasteiger partial charge in [0.1, 0.15) is 17.3 Å². The Labute approximate surface area is 220 Å². The third kappa shape index (κ3) is 4.98. The van der Waals surface area contributed by atoms with E-state index in [0.29, 0.717) is 21.2 Å². The van der Waals surface area contributed by atoms with Crippen LogP contribution < -0.4 is 9.64 Å². The molecule has 1 saturated heterocycles. The van der Waals surface area contributed by atoms with E-state index in [1.165, 1.54) is 40.9 Å². The van der Waals surface area contributed by atoms with Crippen molar-refractivity contribution in [2.75, 3.05) is 12.0 Å². The highest BCUT2D eigenvalue weighted by Gasteiger charge is 2.48. The number of aliphatic hydroxyl groups excluding tert-OH is 1. The number of aromatic nitrogens is 2. The summed E-state index contributed by atoms with van der Waals surface area (Å²) in [5, 5.41) is 19.7. The molecule has 0 aliphatic carbocycles. The van der Waals surface area contributed by atoms with Gasteiger partial charge < -0.3 is 9.84 Å². The van der Waals surface area contributed by atoms with E-state index < -0.39 is 23.5 Å². The number of benzene rings is 3. The Morgan fingerprint density at radius 1 is 1.03 bits per heavy atom. The van der Waals surface area contributed by atoms with Gasteiger partial charge in [-0.15, -0.1) is 10.2 Å². The Bertz CT molecular complexity index is 1470. The average Bonchev–Trinajstić information content (AvgIpc) is 3.50. The maximum Gasteiger partial charge on any atom is 0.301 e. The van der Waals surface area contributed by atoms with Crippen LogP contribution in [-0.4, -0.2) is 34.1 Å². The minimum absolute atomic E-state index is 0.0922. The van der Waals surface area contributed by atoms with Gasteiger partial charge in [-0.3, -0.25) is 14.5 Å². The lowest BCUT2D eigenvalue weighted by molar-refractivity contribution is -0.132. The zero-order valence-corrected chi connectivity index (χ0v) is 21.1. The molecule has 1 amide bonds. The number of ether oxygens (including phenoxy) is 1. The van der Waals surface area contributed by atoms with Crippen molar-refractivity contribution in [3.63, 3.8) is 0 Å². The van der Waals surface area contributed by atoms with Crippen molar-refractivity contribution in [3.05, 3.63) is 107 Å². The minimum atomic E-state index is -0.992. The maximum absolute atomic E-state index is 13.7. The zero-order chi connectivity index (χ0) is 25.9. The van der Waals surface area contributed by atoms with Gasteiger partial charge in [-0.05, 0) is 35.4 Å². The molecule has 5 rings (SSSR count). The van der Waals surface area contributed by atoms with E-state index in [4.69, 9.17) is 4.74 Å². The van der Waals surface area contributed by atoms with Crippen molar-refractivity contribution in [1.29, 1.82) is 0 Å². The Balaban J connectivity index is 1.50. The molecule has 7 nitrogen and oxygen atoms in total. The summed E-state index contributed by atoms with van der Waals surface area (Å²) < 4.78 is 19.5. The molecule has 4 aromatic rings. The predicted molar refractivity (Wildman–Crippen MR) is 140 cm³/mol. The number of carbonyl (C=O) groups is 2. The highest BCUT2D eigenvalue weighted by molar-refractivity contribution is 8.00. The van der Waals surface area contributed by atoms with E-state index in [9.17, 15) is 19.1 Å². The Hall–Kier alpha value is -4.02. The van der Waals surface area contributed by atoms with Crippen LogP contribution in [0.4, 0.5) is 9.52 Å². The number of hydrogen-bond acceptors (Lipinski definition) is 8. The van der Waals surface area contributed by atoms with Crippen molar-refractivity contribution in [3.8, 4) is 5.75 Å². The molecule has 1 fully saturated rings. The quantitative estimate of drug-likeness (QED) is 0.109. The molecule has 37 heavy (non-hydrogen) atoms. The van der Waals surface area contributed by atoms with Gasteiger partial charge in [-0.2, -0.15) is 0 Å². The minimum Gasteiger partial charge on any atom is -0.507 e. The molecule has 1 aromatic heterocycles. The highest BCUT2D eigenvalue weighted by atomic mass is 32.2. The molecule has 0 bridgehead atoms. The summed E-state index contributed by atoms with van der Waals surface area (Å²) in [5.74, 6) is -1.08. The van der Waals surface area contributed by atoms with Crippen molar-refractivity contribution in [2.24, 2.45) is 0 Å². The SMILES string of the molecule is COc1ccc(CSc2nnc(N3C(=O)C(=O)/C(=C(/O)c4ccccc4)C3c3ccc(F)cc3)s2)cc1.